The molecular formula is C13H16IN3OS. The highest BCUT2D eigenvalue weighted by Gasteiger charge is 2.04. The van der Waals surface area contributed by atoms with E-state index in [2.05, 4.69) is 27.8 Å². The molecule has 0 unspecified atom stereocenters. The molecule has 0 spiro atoms. The maximum absolute atomic E-state index is 11.9. The van der Waals surface area contributed by atoms with Crippen LogP contribution in [0.4, 0.5) is 0 Å². The van der Waals surface area contributed by atoms with E-state index >= 15 is 0 Å². The minimum Gasteiger partial charge on any atom is -0.315 e. The lowest BCUT2D eigenvalue weighted by Crippen LogP contribution is -2.31. The van der Waals surface area contributed by atoms with Gasteiger partial charge in [0.2, 0.25) is 0 Å². The zero-order chi connectivity index (χ0) is 13.7. The Bertz CT molecular complexity index is 580. The second kappa shape index (κ2) is 7.16. The molecule has 0 radical (unpaired) electrons. The number of hydrogen-bond acceptors (Lipinski definition) is 4. The molecule has 0 aliphatic rings. The fourth-order valence-corrected chi connectivity index (χ4v) is 2.94. The first-order valence-corrected chi connectivity index (χ1v) is 8.09. The average Bonchev–Trinajstić information content (AvgIpc) is 2.90. The number of aromatic nitrogens is 2. The lowest BCUT2D eigenvalue weighted by molar-refractivity contribution is 0.566. The first kappa shape index (κ1) is 14.7. The molecule has 2 aromatic rings. The first-order valence-electron chi connectivity index (χ1n) is 6.13. The monoisotopic (exact) mass is 389 g/mol. The molecule has 0 saturated heterocycles. The molecular weight excluding hydrogens is 373 g/mol. The van der Waals surface area contributed by atoms with Crippen LogP contribution in [0.1, 0.15) is 10.7 Å². The van der Waals surface area contributed by atoms with Gasteiger partial charge in [0.25, 0.3) is 5.56 Å². The van der Waals surface area contributed by atoms with Gasteiger partial charge in [-0.15, -0.1) is 11.3 Å². The summed E-state index contributed by atoms with van der Waals surface area (Å²) in [5.41, 5.74) is 0.0492. The number of thiophene rings is 1. The van der Waals surface area contributed by atoms with Gasteiger partial charge in [0.05, 0.1) is 3.57 Å². The molecule has 102 valence electrons. The van der Waals surface area contributed by atoms with Crippen LogP contribution in [0.15, 0.2) is 28.5 Å². The van der Waals surface area contributed by atoms with Gasteiger partial charge in [0.1, 0.15) is 5.82 Å². The molecule has 0 amide bonds. The maximum atomic E-state index is 11.9. The summed E-state index contributed by atoms with van der Waals surface area (Å²) >= 11 is 3.81. The summed E-state index contributed by atoms with van der Waals surface area (Å²) in [6.07, 6.45) is 2.66. The molecule has 6 heteroatoms. The van der Waals surface area contributed by atoms with Crippen molar-refractivity contribution in [1.82, 2.24) is 14.9 Å². The summed E-state index contributed by atoms with van der Waals surface area (Å²) in [6, 6.07) is 4.21. The van der Waals surface area contributed by atoms with E-state index in [9.17, 15) is 4.79 Å². The van der Waals surface area contributed by atoms with Crippen molar-refractivity contribution in [2.75, 3.05) is 13.1 Å². The summed E-state index contributed by atoms with van der Waals surface area (Å²) in [4.78, 5) is 17.5. The maximum Gasteiger partial charge on any atom is 0.266 e. The van der Waals surface area contributed by atoms with E-state index in [0.29, 0.717) is 10.1 Å². The Balaban J connectivity index is 1.80. The highest BCUT2D eigenvalue weighted by molar-refractivity contribution is 14.1. The molecule has 0 aliphatic carbocycles. The Hall–Kier alpha value is -0.730. The third kappa shape index (κ3) is 4.12. The smallest absolute Gasteiger partial charge is 0.266 e. The van der Waals surface area contributed by atoms with Crippen LogP contribution in [0.3, 0.4) is 0 Å². The molecule has 1 N–H and O–H groups in total. The van der Waals surface area contributed by atoms with Crippen LogP contribution in [0.25, 0.3) is 0 Å². The summed E-state index contributed by atoms with van der Waals surface area (Å²) in [7, 11) is 0. The highest BCUT2D eigenvalue weighted by atomic mass is 127. The molecule has 4 nitrogen and oxygen atoms in total. The van der Waals surface area contributed by atoms with E-state index in [4.69, 9.17) is 0 Å². The molecule has 0 aliphatic heterocycles. The van der Waals surface area contributed by atoms with Gasteiger partial charge in [-0.25, -0.2) is 4.98 Å². The van der Waals surface area contributed by atoms with Crippen molar-refractivity contribution in [3.8, 4) is 0 Å². The summed E-state index contributed by atoms with van der Waals surface area (Å²) in [5.74, 6) is 0.769. The summed E-state index contributed by atoms with van der Waals surface area (Å²) < 4.78 is 2.39. The fraction of sp³-hybridized carbons (Fsp3) is 0.385. The first-order chi connectivity index (χ1) is 9.18. The number of aryl methyl sites for hydroxylation is 1. The van der Waals surface area contributed by atoms with Gasteiger partial charge in [-0.2, -0.15) is 0 Å². The lowest BCUT2D eigenvalue weighted by Gasteiger charge is -2.10. The van der Waals surface area contributed by atoms with Gasteiger partial charge in [-0.3, -0.25) is 9.36 Å². The van der Waals surface area contributed by atoms with Crippen LogP contribution in [0.5, 0.6) is 0 Å². The standard InChI is InChI=1S/C13H16IN3OS/c1-10-16-9-12(14)13(18)17(10)7-6-15-5-4-11-3-2-8-19-11/h2-3,8-9,15H,4-7H2,1H3. The fourth-order valence-electron chi connectivity index (χ4n) is 1.80. The van der Waals surface area contributed by atoms with Crippen molar-refractivity contribution in [2.24, 2.45) is 0 Å². The minimum atomic E-state index is 0.0492. The van der Waals surface area contributed by atoms with Gasteiger partial charge >= 0.3 is 0 Å². The van der Waals surface area contributed by atoms with Crippen molar-refractivity contribution >= 4 is 33.9 Å². The second-order valence-electron chi connectivity index (χ2n) is 4.19. The Labute approximate surface area is 130 Å². The molecule has 2 aromatic heterocycles. The third-order valence-corrected chi connectivity index (χ3v) is 4.52. The van der Waals surface area contributed by atoms with Crippen molar-refractivity contribution in [1.29, 1.82) is 0 Å². The largest absolute Gasteiger partial charge is 0.315 e. The minimum absolute atomic E-state index is 0.0492. The molecule has 0 fully saturated rings. The van der Waals surface area contributed by atoms with E-state index in [1.807, 2.05) is 29.5 Å². The summed E-state index contributed by atoms with van der Waals surface area (Å²) in [6.45, 7) is 4.25. The van der Waals surface area contributed by atoms with Gasteiger partial charge in [0.15, 0.2) is 0 Å². The van der Waals surface area contributed by atoms with Crippen molar-refractivity contribution in [3.63, 3.8) is 0 Å². The Morgan fingerprint density at radius 2 is 2.32 bits per heavy atom. The van der Waals surface area contributed by atoms with E-state index in [1.165, 1.54) is 4.88 Å². The second-order valence-corrected chi connectivity index (χ2v) is 6.38. The van der Waals surface area contributed by atoms with Gasteiger partial charge in [0, 0.05) is 30.7 Å². The van der Waals surface area contributed by atoms with E-state index < -0.39 is 0 Å². The lowest BCUT2D eigenvalue weighted by atomic mass is 10.3. The van der Waals surface area contributed by atoms with E-state index in [-0.39, 0.29) is 5.56 Å². The van der Waals surface area contributed by atoms with Crippen LogP contribution in [0, 0.1) is 10.5 Å². The summed E-state index contributed by atoms with van der Waals surface area (Å²) in [5, 5.41) is 5.46. The third-order valence-electron chi connectivity index (χ3n) is 2.85. The van der Waals surface area contributed by atoms with Gasteiger partial charge < -0.3 is 5.32 Å². The number of nitrogens with one attached hydrogen (secondary N) is 1. The SMILES string of the molecule is Cc1ncc(I)c(=O)n1CCNCCc1cccs1. The normalized spacial score (nSPS) is 10.8. The van der Waals surface area contributed by atoms with Crippen LogP contribution >= 0.6 is 33.9 Å². The van der Waals surface area contributed by atoms with Crippen LogP contribution in [0.2, 0.25) is 0 Å². The molecule has 0 atom stereocenters. The topological polar surface area (TPSA) is 46.9 Å². The van der Waals surface area contributed by atoms with Crippen molar-refractivity contribution < 1.29 is 0 Å². The predicted molar refractivity (Wildman–Crippen MR) is 86.8 cm³/mol. The average molecular weight is 389 g/mol. The van der Waals surface area contributed by atoms with Gasteiger partial charge in [-0.1, -0.05) is 6.07 Å². The molecule has 19 heavy (non-hydrogen) atoms. The van der Waals surface area contributed by atoms with Crippen LogP contribution in [-0.2, 0) is 13.0 Å². The molecule has 2 rings (SSSR count). The number of nitrogens with zero attached hydrogens (tertiary/aromatic N) is 2. The van der Waals surface area contributed by atoms with E-state index in [1.54, 1.807) is 22.1 Å². The zero-order valence-electron chi connectivity index (χ0n) is 10.7. The number of rotatable bonds is 6. The van der Waals surface area contributed by atoms with Crippen molar-refractivity contribution in [2.45, 2.75) is 19.9 Å². The quantitative estimate of drug-likeness (QED) is 0.608. The van der Waals surface area contributed by atoms with E-state index in [0.717, 1.165) is 25.3 Å². The predicted octanol–water partition coefficient (Wildman–Crippen LogP) is 2.05. The van der Waals surface area contributed by atoms with Gasteiger partial charge in [-0.05, 0) is 47.4 Å². The number of hydrogen-bond donors (Lipinski definition) is 1. The Morgan fingerprint density at radius 3 is 3.05 bits per heavy atom. The van der Waals surface area contributed by atoms with Crippen LogP contribution in [-0.4, -0.2) is 22.6 Å². The Morgan fingerprint density at radius 1 is 1.47 bits per heavy atom. The van der Waals surface area contributed by atoms with Crippen molar-refractivity contribution in [3.05, 3.63) is 48.3 Å². The molecule has 2 heterocycles. The molecule has 0 aromatic carbocycles. The van der Waals surface area contributed by atoms with Crippen LogP contribution < -0.4 is 10.9 Å². The molecule has 0 saturated carbocycles. The highest BCUT2D eigenvalue weighted by Crippen LogP contribution is 2.07. The molecule has 0 bridgehead atoms. The Kier molecular flexibility index (Phi) is 5.53. The zero-order valence-corrected chi connectivity index (χ0v) is 13.7. The number of halogens is 1.